The molecule has 3 unspecified atom stereocenters. The smallest absolute Gasteiger partial charge is 0.212 e. The molecule has 23 heavy (non-hydrogen) atoms. The van der Waals surface area contributed by atoms with Gasteiger partial charge in [0, 0.05) is 44.0 Å². The van der Waals surface area contributed by atoms with Gasteiger partial charge in [0.25, 0.3) is 0 Å². The number of pyridine rings is 1. The summed E-state index contributed by atoms with van der Waals surface area (Å²) >= 11 is 0. The lowest BCUT2D eigenvalue weighted by molar-refractivity contribution is -0.0537. The molecule has 1 aromatic heterocycles. The first-order valence-corrected chi connectivity index (χ1v) is 8.52. The molecule has 4 aliphatic heterocycles. The summed E-state index contributed by atoms with van der Waals surface area (Å²) in [4.78, 5) is 14.2. The van der Waals surface area contributed by atoms with Crippen molar-refractivity contribution in [3.05, 3.63) is 36.0 Å². The number of amidine groups is 1. The van der Waals surface area contributed by atoms with Gasteiger partial charge in [-0.15, -0.1) is 0 Å². The van der Waals surface area contributed by atoms with Crippen LogP contribution in [0, 0.1) is 0 Å². The van der Waals surface area contributed by atoms with E-state index in [0.717, 1.165) is 26.1 Å². The lowest BCUT2D eigenvalue weighted by atomic mass is 9.87. The van der Waals surface area contributed by atoms with Crippen molar-refractivity contribution in [3.63, 3.8) is 0 Å². The van der Waals surface area contributed by atoms with Gasteiger partial charge >= 0.3 is 0 Å². The Morgan fingerprint density at radius 1 is 1.26 bits per heavy atom. The van der Waals surface area contributed by atoms with Gasteiger partial charge in [-0.3, -0.25) is 9.89 Å². The summed E-state index contributed by atoms with van der Waals surface area (Å²) in [7, 11) is 1.65. The van der Waals surface area contributed by atoms with Crippen LogP contribution in [-0.2, 0) is 6.54 Å². The number of piperazine rings is 1. The zero-order valence-corrected chi connectivity index (χ0v) is 13.9. The van der Waals surface area contributed by atoms with Gasteiger partial charge in [0.1, 0.15) is 5.84 Å². The highest BCUT2D eigenvalue weighted by Gasteiger charge is 2.45. The molecule has 4 aliphatic rings. The number of aliphatic imine (C=N–C) groups is 1. The van der Waals surface area contributed by atoms with Crippen LogP contribution in [-0.4, -0.2) is 58.9 Å². The third kappa shape index (κ3) is 2.74. The average molecular weight is 312 g/mol. The van der Waals surface area contributed by atoms with Crippen LogP contribution in [0.3, 0.4) is 0 Å². The normalized spacial score (nSPS) is 29.4. The highest BCUT2D eigenvalue weighted by Crippen LogP contribution is 2.34. The van der Waals surface area contributed by atoms with E-state index in [1.54, 1.807) is 7.11 Å². The van der Waals surface area contributed by atoms with Gasteiger partial charge in [-0.2, -0.15) is 0 Å². The molecule has 3 atom stereocenters. The Morgan fingerprint density at radius 2 is 2.09 bits per heavy atom. The number of piperidine rings is 1. The third-order valence-electron chi connectivity index (χ3n) is 5.22. The first-order valence-electron chi connectivity index (χ1n) is 8.52. The summed E-state index contributed by atoms with van der Waals surface area (Å²) in [5.41, 5.74) is 1.26. The Morgan fingerprint density at radius 3 is 2.70 bits per heavy atom. The molecule has 0 spiro atoms. The molecule has 5 heteroatoms. The van der Waals surface area contributed by atoms with Crippen molar-refractivity contribution >= 4 is 5.84 Å². The summed E-state index contributed by atoms with van der Waals surface area (Å²) in [6.07, 6.45) is 8.78. The number of ether oxygens (including phenoxy) is 1. The predicted octanol–water partition coefficient (Wildman–Crippen LogP) is 2.10. The lowest BCUT2D eigenvalue weighted by Gasteiger charge is -2.56. The molecule has 0 amide bonds. The van der Waals surface area contributed by atoms with Crippen LogP contribution in [0.4, 0.5) is 0 Å². The van der Waals surface area contributed by atoms with Gasteiger partial charge in [0.15, 0.2) is 0 Å². The van der Waals surface area contributed by atoms with E-state index in [9.17, 15) is 0 Å². The van der Waals surface area contributed by atoms with Crippen molar-refractivity contribution in [1.82, 2.24) is 14.8 Å². The van der Waals surface area contributed by atoms with E-state index in [1.807, 2.05) is 12.3 Å². The van der Waals surface area contributed by atoms with Crippen LogP contribution < -0.4 is 4.74 Å². The third-order valence-corrected chi connectivity index (χ3v) is 5.22. The minimum absolute atomic E-state index is 0.393. The molecule has 0 aromatic carbocycles. The molecular weight excluding hydrogens is 288 g/mol. The van der Waals surface area contributed by atoms with Gasteiger partial charge < -0.3 is 9.64 Å². The van der Waals surface area contributed by atoms with Crippen LogP contribution in [0.5, 0.6) is 5.88 Å². The molecule has 122 valence electrons. The fraction of sp³-hybridized carbons (Fsp3) is 0.556. The van der Waals surface area contributed by atoms with E-state index in [4.69, 9.17) is 9.73 Å². The highest BCUT2D eigenvalue weighted by molar-refractivity contribution is 5.95. The van der Waals surface area contributed by atoms with Gasteiger partial charge in [-0.05, 0) is 24.5 Å². The van der Waals surface area contributed by atoms with Gasteiger partial charge in [-0.25, -0.2) is 4.98 Å². The molecule has 3 fully saturated rings. The maximum Gasteiger partial charge on any atom is 0.212 e. The maximum absolute atomic E-state index is 5.13. The first-order chi connectivity index (χ1) is 11.3. The predicted molar refractivity (Wildman–Crippen MR) is 90.8 cm³/mol. The molecule has 0 N–H and O–H groups in total. The zero-order valence-electron chi connectivity index (χ0n) is 13.9. The highest BCUT2D eigenvalue weighted by atomic mass is 16.5. The number of methoxy groups -OCH3 is 1. The van der Waals surface area contributed by atoms with Gasteiger partial charge in [0.05, 0.1) is 13.2 Å². The van der Waals surface area contributed by atoms with Crippen LogP contribution in [0.1, 0.15) is 25.3 Å². The Balaban J connectivity index is 1.37. The second-order valence-corrected chi connectivity index (χ2v) is 6.65. The second kappa shape index (κ2) is 5.96. The van der Waals surface area contributed by atoms with Crippen LogP contribution in [0.2, 0.25) is 0 Å². The monoisotopic (exact) mass is 312 g/mol. The topological polar surface area (TPSA) is 41.0 Å². The second-order valence-electron chi connectivity index (χ2n) is 6.65. The SMILES string of the molecule is CCC1C=CC(N2CC3CC(C2)N3Cc2ccc(OC)nc2)=N1. The Labute approximate surface area is 137 Å². The van der Waals surface area contributed by atoms with Crippen molar-refractivity contribution in [2.75, 3.05) is 20.2 Å². The summed E-state index contributed by atoms with van der Waals surface area (Å²) in [6.45, 7) is 5.37. The Bertz CT molecular complexity index is 612. The van der Waals surface area contributed by atoms with Crippen LogP contribution in [0.15, 0.2) is 35.5 Å². The number of fused-ring (bicyclic) bond motifs is 2. The molecule has 5 rings (SSSR count). The standard InChI is InChI=1S/C18H24N4O/c1-3-14-5-6-17(20-14)21-11-15-8-16(12-21)22(15)10-13-4-7-18(23-2)19-9-13/h4-7,9,14-16H,3,8,10-12H2,1-2H3. The first kappa shape index (κ1) is 14.7. The molecule has 3 saturated heterocycles. The molecular formula is C18H24N4O. The summed E-state index contributed by atoms with van der Waals surface area (Å²) in [6, 6.07) is 5.75. The van der Waals surface area contributed by atoms with Crippen molar-refractivity contribution in [3.8, 4) is 5.88 Å². The fourth-order valence-electron chi connectivity index (χ4n) is 3.84. The van der Waals surface area contributed by atoms with E-state index >= 15 is 0 Å². The minimum Gasteiger partial charge on any atom is -0.481 e. The Hall–Kier alpha value is -1.88. The number of hydrogen-bond acceptors (Lipinski definition) is 5. The number of rotatable bonds is 4. The van der Waals surface area contributed by atoms with Crippen molar-refractivity contribution in [2.45, 2.75) is 44.4 Å². The van der Waals surface area contributed by atoms with Crippen molar-refractivity contribution < 1.29 is 4.74 Å². The number of nitrogens with zero attached hydrogens (tertiary/aromatic N) is 4. The van der Waals surface area contributed by atoms with E-state index in [-0.39, 0.29) is 0 Å². The molecule has 1 aromatic rings. The van der Waals surface area contributed by atoms with Gasteiger partial charge in [-0.1, -0.05) is 19.1 Å². The molecule has 0 saturated carbocycles. The molecule has 2 bridgehead atoms. The molecule has 0 aliphatic carbocycles. The summed E-state index contributed by atoms with van der Waals surface area (Å²) in [5.74, 6) is 1.87. The minimum atomic E-state index is 0.393. The fourth-order valence-corrected chi connectivity index (χ4v) is 3.84. The summed E-state index contributed by atoms with van der Waals surface area (Å²) < 4.78 is 5.13. The van der Waals surface area contributed by atoms with E-state index in [1.165, 1.54) is 17.8 Å². The van der Waals surface area contributed by atoms with E-state index < -0.39 is 0 Å². The molecule has 0 radical (unpaired) electrons. The largest absolute Gasteiger partial charge is 0.481 e. The quantitative estimate of drug-likeness (QED) is 0.854. The maximum atomic E-state index is 5.13. The van der Waals surface area contributed by atoms with E-state index in [2.05, 4.69) is 39.9 Å². The Kier molecular flexibility index (Phi) is 3.81. The molecule has 5 heterocycles. The van der Waals surface area contributed by atoms with Crippen molar-refractivity contribution in [1.29, 1.82) is 0 Å². The van der Waals surface area contributed by atoms with E-state index in [0.29, 0.717) is 24.0 Å². The van der Waals surface area contributed by atoms with Gasteiger partial charge in [0.2, 0.25) is 5.88 Å². The number of aromatic nitrogens is 1. The lowest BCUT2D eigenvalue weighted by Crippen LogP contribution is -2.68. The summed E-state index contributed by atoms with van der Waals surface area (Å²) in [5, 5.41) is 0. The molecule has 5 nitrogen and oxygen atoms in total. The average Bonchev–Trinajstić information content (AvgIpc) is 3.09. The number of hydrogen-bond donors (Lipinski definition) is 0. The van der Waals surface area contributed by atoms with Crippen LogP contribution >= 0.6 is 0 Å². The zero-order chi connectivity index (χ0) is 15.8. The van der Waals surface area contributed by atoms with Crippen molar-refractivity contribution in [2.24, 2.45) is 4.99 Å². The van der Waals surface area contributed by atoms with Crippen LogP contribution in [0.25, 0.3) is 0 Å².